The number of carbonyl (C=O) groups excluding carboxylic acids is 2. The minimum Gasteiger partial charge on any atom is -0.352 e. The molecular weight excluding hydrogens is 216 g/mol. The van der Waals surface area contributed by atoms with E-state index in [1.807, 2.05) is 38.1 Å². The van der Waals surface area contributed by atoms with Gasteiger partial charge in [0.05, 0.1) is 0 Å². The summed E-state index contributed by atoms with van der Waals surface area (Å²) in [5.74, 6) is -0.0872. The molecule has 2 N–H and O–H groups in total. The molecule has 1 aromatic carbocycles. The molecule has 0 atom stereocenters. The Kier molecular flexibility index (Phi) is 4.69. The Labute approximate surface area is 101 Å². The average molecular weight is 234 g/mol. The number of hydrogen-bond donors (Lipinski definition) is 2. The Bertz CT molecular complexity index is 396. The van der Waals surface area contributed by atoms with Crippen LogP contribution in [0.5, 0.6) is 0 Å². The van der Waals surface area contributed by atoms with E-state index >= 15 is 0 Å². The van der Waals surface area contributed by atoms with Crippen LogP contribution in [0.1, 0.15) is 26.3 Å². The fourth-order valence-electron chi connectivity index (χ4n) is 1.22. The largest absolute Gasteiger partial charge is 0.352 e. The lowest BCUT2D eigenvalue weighted by Gasteiger charge is -2.08. The molecule has 0 aliphatic heterocycles. The maximum absolute atomic E-state index is 11.4. The highest BCUT2D eigenvalue weighted by Crippen LogP contribution is 2.10. The molecule has 17 heavy (non-hydrogen) atoms. The molecule has 1 aromatic rings. The normalized spacial score (nSPS) is 10.1. The fourth-order valence-corrected chi connectivity index (χ4v) is 1.22. The van der Waals surface area contributed by atoms with Gasteiger partial charge in [-0.25, -0.2) is 0 Å². The van der Waals surface area contributed by atoms with E-state index in [0.29, 0.717) is 6.54 Å². The number of anilines is 1. The van der Waals surface area contributed by atoms with E-state index in [1.165, 1.54) is 6.92 Å². The monoisotopic (exact) mass is 234 g/mol. The van der Waals surface area contributed by atoms with Gasteiger partial charge < -0.3 is 10.6 Å². The van der Waals surface area contributed by atoms with Crippen molar-refractivity contribution in [3.63, 3.8) is 0 Å². The van der Waals surface area contributed by atoms with E-state index in [1.54, 1.807) is 0 Å². The first kappa shape index (κ1) is 13.2. The van der Waals surface area contributed by atoms with Gasteiger partial charge in [0.1, 0.15) is 0 Å². The van der Waals surface area contributed by atoms with E-state index < -0.39 is 0 Å². The minimum absolute atomic E-state index is 0.000360. The van der Waals surface area contributed by atoms with E-state index in [-0.39, 0.29) is 17.7 Å². The summed E-state index contributed by atoms with van der Waals surface area (Å²) >= 11 is 0. The molecule has 0 aromatic heterocycles. The van der Waals surface area contributed by atoms with Crippen LogP contribution in [-0.2, 0) is 16.1 Å². The molecule has 0 aliphatic carbocycles. The van der Waals surface area contributed by atoms with E-state index in [4.69, 9.17) is 0 Å². The summed E-state index contributed by atoms with van der Waals surface area (Å²) in [6.07, 6.45) is 0. The van der Waals surface area contributed by atoms with Crippen LogP contribution in [0.3, 0.4) is 0 Å². The van der Waals surface area contributed by atoms with Crippen LogP contribution in [0.2, 0.25) is 0 Å². The summed E-state index contributed by atoms with van der Waals surface area (Å²) in [6, 6.07) is 7.42. The number of hydrogen-bond acceptors (Lipinski definition) is 2. The van der Waals surface area contributed by atoms with Crippen molar-refractivity contribution in [3.05, 3.63) is 29.8 Å². The van der Waals surface area contributed by atoms with Crippen molar-refractivity contribution in [3.8, 4) is 0 Å². The van der Waals surface area contributed by atoms with Gasteiger partial charge in [0.25, 0.3) is 0 Å². The van der Waals surface area contributed by atoms with Crippen molar-refractivity contribution >= 4 is 17.5 Å². The predicted octanol–water partition coefficient (Wildman–Crippen LogP) is 1.92. The number of rotatable bonds is 4. The summed E-state index contributed by atoms with van der Waals surface area (Å²) in [5.41, 5.74) is 1.78. The summed E-state index contributed by atoms with van der Waals surface area (Å²) in [7, 11) is 0. The van der Waals surface area contributed by atoms with Gasteiger partial charge in [-0.05, 0) is 17.7 Å². The number of amides is 2. The molecule has 2 amide bonds. The van der Waals surface area contributed by atoms with E-state index in [2.05, 4.69) is 10.6 Å². The lowest BCUT2D eigenvalue weighted by molar-refractivity contribution is -0.119. The third-order valence-electron chi connectivity index (χ3n) is 2.29. The minimum atomic E-state index is -0.0535. The van der Waals surface area contributed by atoms with Crippen molar-refractivity contribution in [2.24, 2.45) is 5.92 Å². The molecule has 0 fully saturated rings. The molecule has 0 unspecified atom stereocenters. The lowest BCUT2D eigenvalue weighted by atomic mass is 10.1. The van der Waals surface area contributed by atoms with Crippen LogP contribution >= 0.6 is 0 Å². The Morgan fingerprint density at radius 3 is 2.24 bits per heavy atom. The van der Waals surface area contributed by atoms with Crippen molar-refractivity contribution in [2.75, 3.05) is 5.32 Å². The molecule has 0 spiro atoms. The predicted molar refractivity (Wildman–Crippen MR) is 67.4 cm³/mol. The molecule has 0 heterocycles. The van der Waals surface area contributed by atoms with Gasteiger partial charge in [0, 0.05) is 25.1 Å². The molecular formula is C13H18N2O2. The first-order valence-corrected chi connectivity index (χ1v) is 5.63. The molecule has 0 saturated heterocycles. The van der Waals surface area contributed by atoms with E-state index in [0.717, 1.165) is 11.3 Å². The van der Waals surface area contributed by atoms with Crippen molar-refractivity contribution in [1.29, 1.82) is 0 Å². The van der Waals surface area contributed by atoms with Gasteiger partial charge in [-0.15, -0.1) is 0 Å². The first-order chi connectivity index (χ1) is 7.99. The zero-order chi connectivity index (χ0) is 12.8. The second-order valence-electron chi connectivity index (χ2n) is 4.25. The standard InChI is InChI=1S/C13H18N2O2/c1-9(2)13(17)15-12-6-4-11(5-7-12)8-14-10(3)16/h4-7,9H,8H2,1-3H3,(H,14,16)(H,15,17). The van der Waals surface area contributed by atoms with Crippen molar-refractivity contribution in [2.45, 2.75) is 27.3 Å². The molecule has 0 radical (unpaired) electrons. The zero-order valence-electron chi connectivity index (χ0n) is 10.4. The molecule has 92 valence electrons. The molecule has 4 heteroatoms. The quantitative estimate of drug-likeness (QED) is 0.836. The maximum Gasteiger partial charge on any atom is 0.226 e. The van der Waals surface area contributed by atoms with Gasteiger partial charge in [-0.1, -0.05) is 26.0 Å². The number of nitrogens with one attached hydrogen (secondary N) is 2. The van der Waals surface area contributed by atoms with Crippen LogP contribution < -0.4 is 10.6 Å². The Morgan fingerprint density at radius 2 is 1.76 bits per heavy atom. The van der Waals surface area contributed by atoms with Gasteiger partial charge >= 0.3 is 0 Å². The Balaban J connectivity index is 2.56. The van der Waals surface area contributed by atoms with Crippen LogP contribution in [-0.4, -0.2) is 11.8 Å². The summed E-state index contributed by atoms with van der Waals surface area (Å²) in [6.45, 7) is 5.69. The topological polar surface area (TPSA) is 58.2 Å². The maximum atomic E-state index is 11.4. The molecule has 0 bridgehead atoms. The van der Waals surface area contributed by atoms with Gasteiger partial charge in [0.2, 0.25) is 11.8 Å². The smallest absolute Gasteiger partial charge is 0.226 e. The molecule has 0 aliphatic rings. The lowest BCUT2D eigenvalue weighted by Crippen LogP contribution is -2.19. The second kappa shape index (κ2) is 6.03. The molecule has 0 saturated carbocycles. The van der Waals surface area contributed by atoms with Crippen LogP contribution in [0, 0.1) is 5.92 Å². The third-order valence-corrected chi connectivity index (χ3v) is 2.29. The fraction of sp³-hybridized carbons (Fsp3) is 0.385. The van der Waals surface area contributed by atoms with Crippen molar-refractivity contribution in [1.82, 2.24) is 5.32 Å². The van der Waals surface area contributed by atoms with Crippen LogP contribution in [0.4, 0.5) is 5.69 Å². The SMILES string of the molecule is CC(=O)NCc1ccc(NC(=O)C(C)C)cc1. The van der Waals surface area contributed by atoms with Gasteiger partial charge in [-0.3, -0.25) is 9.59 Å². The highest BCUT2D eigenvalue weighted by atomic mass is 16.2. The van der Waals surface area contributed by atoms with Gasteiger partial charge in [0.15, 0.2) is 0 Å². The number of benzene rings is 1. The summed E-state index contributed by atoms with van der Waals surface area (Å²) < 4.78 is 0. The molecule has 1 rings (SSSR count). The Hall–Kier alpha value is -1.84. The second-order valence-corrected chi connectivity index (χ2v) is 4.25. The Morgan fingerprint density at radius 1 is 1.18 bits per heavy atom. The highest BCUT2D eigenvalue weighted by molar-refractivity contribution is 5.92. The third kappa shape index (κ3) is 4.68. The zero-order valence-corrected chi connectivity index (χ0v) is 10.4. The van der Waals surface area contributed by atoms with E-state index in [9.17, 15) is 9.59 Å². The van der Waals surface area contributed by atoms with Gasteiger partial charge in [-0.2, -0.15) is 0 Å². The average Bonchev–Trinajstić information content (AvgIpc) is 2.28. The first-order valence-electron chi connectivity index (χ1n) is 5.63. The van der Waals surface area contributed by atoms with Crippen LogP contribution in [0.25, 0.3) is 0 Å². The molecule has 4 nitrogen and oxygen atoms in total. The summed E-state index contributed by atoms with van der Waals surface area (Å²) in [4.78, 5) is 22.2. The van der Waals surface area contributed by atoms with Crippen LogP contribution in [0.15, 0.2) is 24.3 Å². The van der Waals surface area contributed by atoms with Crippen molar-refractivity contribution < 1.29 is 9.59 Å². The summed E-state index contributed by atoms with van der Waals surface area (Å²) in [5, 5.41) is 5.52. The highest BCUT2D eigenvalue weighted by Gasteiger charge is 2.06. The number of carbonyl (C=O) groups is 2.